The molecule has 1 nitrogen and oxygen atoms in total. The molecule has 1 N–H and O–H groups in total. The molecule has 0 unspecified atom stereocenters. The summed E-state index contributed by atoms with van der Waals surface area (Å²) in [5.41, 5.74) is 5.74. The van der Waals surface area contributed by atoms with Gasteiger partial charge in [0, 0.05) is 22.1 Å². The van der Waals surface area contributed by atoms with Gasteiger partial charge in [-0.15, -0.1) is 0 Å². The number of fused-ring (bicyclic) bond motifs is 1. The highest BCUT2D eigenvalue weighted by atomic mass is 79.9. The Kier molecular flexibility index (Phi) is 2.15. The van der Waals surface area contributed by atoms with Crippen molar-refractivity contribution >= 4 is 21.6 Å². The summed E-state index contributed by atoms with van der Waals surface area (Å²) in [7, 11) is 0. The van der Waals surface area contributed by atoms with Crippen molar-refractivity contribution in [3.8, 4) is 0 Å². The summed E-state index contributed by atoms with van der Waals surface area (Å²) in [4.78, 5) is 0. The second-order valence-electron chi connectivity index (χ2n) is 4.79. The van der Waals surface area contributed by atoms with Crippen LogP contribution in [0.1, 0.15) is 30.5 Å². The topological polar surface area (TPSA) is 12.0 Å². The van der Waals surface area contributed by atoms with Gasteiger partial charge in [0.2, 0.25) is 0 Å². The van der Waals surface area contributed by atoms with Crippen LogP contribution < -0.4 is 5.32 Å². The summed E-state index contributed by atoms with van der Waals surface area (Å²) in [6.07, 6.45) is 0. The van der Waals surface area contributed by atoms with Gasteiger partial charge in [-0.1, -0.05) is 29.8 Å². The van der Waals surface area contributed by atoms with Crippen molar-refractivity contribution in [1.82, 2.24) is 0 Å². The fourth-order valence-corrected chi connectivity index (χ4v) is 2.69. The third-order valence-electron chi connectivity index (χ3n) is 3.08. The first kappa shape index (κ1) is 10.0. The molecule has 0 fully saturated rings. The van der Waals surface area contributed by atoms with Gasteiger partial charge in [-0.2, -0.15) is 0 Å². The first-order valence-electron chi connectivity index (χ1n) is 4.97. The van der Waals surface area contributed by atoms with Crippen molar-refractivity contribution < 1.29 is 0 Å². The van der Waals surface area contributed by atoms with Crippen LogP contribution in [0.5, 0.6) is 0 Å². The van der Waals surface area contributed by atoms with Crippen LogP contribution in [0.3, 0.4) is 0 Å². The SMILES string of the molecule is Cc1cc2c(c(C)c1Br)C(C)(C)CN2. The molecule has 0 bridgehead atoms. The van der Waals surface area contributed by atoms with E-state index in [0.717, 1.165) is 6.54 Å². The highest BCUT2D eigenvalue weighted by molar-refractivity contribution is 9.10. The van der Waals surface area contributed by atoms with Gasteiger partial charge in [-0.25, -0.2) is 0 Å². The van der Waals surface area contributed by atoms with Crippen molar-refractivity contribution in [2.75, 3.05) is 11.9 Å². The fraction of sp³-hybridized carbons (Fsp3) is 0.500. The van der Waals surface area contributed by atoms with Crippen LogP contribution in [0.4, 0.5) is 5.69 Å². The molecule has 0 amide bonds. The number of nitrogens with one attached hydrogen (secondary N) is 1. The molecule has 1 aliphatic rings. The summed E-state index contributed by atoms with van der Waals surface area (Å²) >= 11 is 3.66. The van der Waals surface area contributed by atoms with Gasteiger partial charge in [-0.05, 0) is 36.6 Å². The summed E-state index contributed by atoms with van der Waals surface area (Å²) in [5.74, 6) is 0. The van der Waals surface area contributed by atoms with Crippen LogP contribution >= 0.6 is 15.9 Å². The van der Waals surface area contributed by atoms with Gasteiger partial charge in [0.25, 0.3) is 0 Å². The molecule has 0 aromatic heterocycles. The van der Waals surface area contributed by atoms with Crippen molar-refractivity contribution in [2.24, 2.45) is 0 Å². The lowest BCUT2D eigenvalue weighted by Gasteiger charge is -2.20. The van der Waals surface area contributed by atoms with Crippen molar-refractivity contribution in [1.29, 1.82) is 0 Å². The molecule has 0 aliphatic carbocycles. The van der Waals surface area contributed by atoms with Crippen LogP contribution in [0, 0.1) is 13.8 Å². The predicted molar refractivity (Wildman–Crippen MR) is 65.1 cm³/mol. The van der Waals surface area contributed by atoms with E-state index in [-0.39, 0.29) is 5.41 Å². The molecule has 1 heterocycles. The number of hydrogen-bond donors (Lipinski definition) is 1. The summed E-state index contributed by atoms with van der Waals surface area (Å²) in [6.45, 7) is 9.97. The van der Waals surface area contributed by atoms with Gasteiger partial charge < -0.3 is 5.32 Å². The summed E-state index contributed by atoms with van der Waals surface area (Å²) in [5, 5.41) is 3.48. The molecule has 0 saturated heterocycles. The predicted octanol–water partition coefficient (Wildman–Crippen LogP) is 3.77. The first-order valence-corrected chi connectivity index (χ1v) is 5.77. The molecule has 0 saturated carbocycles. The molecule has 2 heteroatoms. The van der Waals surface area contributed by atoms with E-state index in [0.29, 0.717) is 0 Å². The Morgan fingerprint density at radius 2 is 2.00 bits per heavy atom. The molecule has 1 aliphatic heterocycles. The maximum atomic E-state index is 3.66. The molecule has 0 atom stereocenters. The van der Waals surface area contributed by atoms with E-state index in [1.165, 1.54) is 26.9 Å². The molecular formula is C12H16BrN. The molecular weight excluding hydrogens is 238 g/mol. The fourth-order valence-electron chi connectivity index (χ4n) is 2.38. The van der Waals surface area contributed by atoms with Crippen LogP contribution in [-0.4, -0.2) is 6.54 Å². The molecule has 76 valence electrons. The molecule has 2 rings (SSSR count). The van der Waals surface area contributed by atoms with E-state index in [1.807, 2.05) is 0 Å². The third kappa shape index (κ3) is 1.28. The van der Waals surface area contributed by atoms with Crippen LogP contribution in [-0.2, 0) is 5.41 Å². The number of anilines is 1. The Hall–Kier alpha value is -0.500. The highest BCUT2D eigenvalue weighted by Gasteiger charge is 2.32. The van der Waals surface area contributed by atoms with Gasteiger partial charge >= 0.3 is 0 Å². The van der Waals surface area contributed by atoms with Crippen molar-refractivity contribution in [3.63, 3.8) is 0 Å². The minimum atomic E-state index is 0.260. The average Bonchev–Trinajstić information content (AvgIpc) is 2.38. The number of benzene rings is 1. The summed E-state index contributed by atoms with van der Waals surface area (Å²) in [6, 6.07) is 2.24. The molecule has 0 radical (unpaired) electrons. The van der Waals surface area contributed by atoms with E-state index in [9.17, 15) is 0 Å². The minimum absolute atomic E-state index is 0.260. The maximum Gasteiger partial charge on any atom is 0.0385 e. The number of rotatable bonds is 0. The van der Waals surface area contributed by atoms with Crippen LogP contribution in [0.2, 0.25) is 0 Å². The minimum Gasteiger partial charge on any atom is -0.384 e. The Labute approximate surface area is 94.0 Å². The Balaban J connectivity index is 2.73. The zero-order chi connectivity index (χ0) is 10.5. The van der Waals surface area contributed by atoms with E-state index in [4.69, 9.17) is 0 Å². The Morgan fingerprint density at radius 3 is 2.64 bits per heavy atom. The number of hydrogen-bond acceptors (Lipinski definition) is 1. The molecule has 1 aromatic carbocycles. The average molecular weight is 254 g/mol. The lowest BCUT2D eigenvalue weighted by Crippen LogP contribution is -2.20. The Bertz CT molecular complexity index is 394. The standard InChI is InChI=1S/C12H16BrN/c1-7-5-9-10(8(2)11(7)13)12(3,4)6-14-9/h5,14H,6H2,1-4H3. The van der Waals surface area contributed by atoms with Crippen LogP contribution in [0.25, 0.3) is 0 Å². The van der Waals surface area contributed by atoms with E-state index in [1.54, 1.807) is 0 Å². The largest absolute Gasteiger partial charge is 0.384 e. The van der Waals surface area contributed by atoms with Gasteiger partial charge in [0.1, 0.15) is 0 Å². The van der Waals surface area contributed by atoms with E-state index in [2.05, 4.69) is 55.0 Å². The van der Waals surface area contributed by atoms with E-state index >= 15 is 0 Å². The Morgan fingerprint density at radius 1 is 1.36 bits per heavy atom. The number of halogens is 1. The zero-order valence-electron chi connectivity index (χ0n) is 9.16. The quantitative estimate of drug-likeness (QED) is 0.743. The van der Waals surface area contributed by atoms with Gasteiger partial charge in [0.15, 0.2) is 0 Å². The van der Waals surface area contributed by atoms with Crippen LogP contribution in [0.15, 0.2) is 10.5 Å². The first-order chi connectivity index (χ1) is 6.43. The monoisotopic (exact) mass is 253 g/mol. The lowest BCUT2D eigenvalue weighted by molar-refractivity contribution is 0.582. The molecule has 14 heavy (non-hydrogen) atoms. The second kappa shape index (κ2) is 2.99. The third-order valence-corrected chi connectivity index (χ3v) is 4.30. The van der Waals surface area contributed by atoms with Crippen molar-refractivity contribution in [2.45, 2.75) is 33.1 Å². The highest BCUT2D eigenvalue weighted by Crippen LogP contribution is 2.42. The molecule has 0 spiro atoms. The van der Waals surface area contributed by atoms with Crippen molar-refractivity contribution in [3.05, 3.63) is 27.2 Å². The number of aryl methyl sites for hydroxylation is 1. The summed E-state index contributed by atoms with van der Waals surface area (Å²) < 4.78 is 1.26. The maximum absolute atomic E-state index is 3.66. The lowest BCUT2D eigenvalue weighted by atomic mass is 9.83. The second-order valence-corrected chi connectivity index (χ2v) is 5.59. The van der Waals surface area contributed by atoms with Gasteiger partial charge in [-0.3, -0.25) is 0 Å². The van der Waals surface area contributed by atoms with Gasteiger partial charge in [0.05, 0.1) is 0 Å². The zero-order valence-corrected chi connectivity index (χ0v) is 10.7. The van der Waals surface area contributed by atoms with E-state index < -0.39 is 0 Å². The molecule has 1 aromatic rings. The smallest absolute Gasteiger partial charge is 0.0385 e. The normalized spacial score (nSPS) is 17.8.